The molecule has 2 heterocycles. The van der Waals surface area contributed by atoms with Crippen LogP contribution in [-0.4, -0.2) is 36.1 Å². The zero-order valence-corrected chi connectivity index (χ0v) is 9.35. The minimum absolute atomic E-state index is 0.367. The van der Waals surface area contributed by atoms with Gasteiger partial charge in [-0.3, -0.25) is 0 Å². The second kappa shape index (κ2) is 4.90. The summed E-state index contributed by atoms with van der Waals surface area (Å²) in [7, 11) is 1.98. The van der Waals surface area contributed by atoms with Crippen LogP contribution < -0.4 is 10.2 Å². The van der Waals surface area contributed by atoms with Crippen molar-refractivity contribution >= 4 is 5.82 Å². The highest BCUT2D eigenvalue weighted by atomic mass is 15.2. The molecule has 0 aromatic carbocycles. The van der Waals surface area contributed by atoms with E-state index in [1.165, 1.54) is 12.6 Å². The molecule has 1 unspecified atom stereocenters. The van der Waals surface area contributed by atoms with Gasteiger partial charge in [-0.15, -0.1) is 0 Å². The zero-order valence-electron chi connectivity index (χ0n) is 9.35. The van der Waals surface area contributed by atoms with Gasteiger partial charge in [-0.2, -0.15) is 5.26 Å². The van der Waals surface area contributed by atoms with Gasteiger partial charge < -0.3 is 10.2 Å². The Labute approximate surface area is 95.1 Å². The lowest BCUT2D eigenvalue weighted by Crippen LogP contribution is -2.44. The van der Waals surface area contributed by atoms with Gasteiger partial charge in [0.2, 0.25) is 0 Å². The quantitative estimate of drug-likeness (QED) is 0.783. The van der Waals surface area contributed by atoms with E-state index in [0.29, 0.717) is 11.7 Å². The summed E-state index contributed by atoms with van der Waals surface area (Å²) < 4.78 is 0. The van der Waals surface area contributed by atoms with Gasteiger partial charge in [-0.25, -0.2) is 9.97 Å². The van der Waals surface area contributed by atoms with Crippen LogP contribution in [0.2, 0.25) is 0 Å². The van der Waals surface area contributed by atoms with Crippen LogP contribution in [0.4, 0.5) is 5.82 Å². The van der Waals surface area contributed by atoms with Crippen molar-refractivity contribution in [3.05, 3.63) is 18.1 Å². The van der Waals surface area contributed by atoms with Gasteiger partial charge in [0.25, 0.3) is 0 Å². The first-order valence-corrected chi connectivity index (χ1v) is 5.48. The molecule has 1 aliphatic heterocycles. The van der Waals surface area contributed by atoms with Crippen molar-refractivity contribution in [2.24, 2.45) is 0 Å². The Morgan fingerprint density at radius 2 is 2.38 bits per heavy atom. The molecular weight excluding hydrogens is 202 g/mol. The van der Waals surface area contributed by atoms with Gasteiger partial charge in [0.05, 0.1) is 12.4 Å². The highest BCUT2D eigenvalue weighted by molar-refractivity contribution is 5.38. The Kier molecular flexibility index (Phi) is 3.32. The Hall–Kier alpha value is -1.67. The number of nitrogens with one attached hydrogen (secondary N) is 1. The Balaban J connectivity index is 2.08. The van der Waals surface area contributed by atoms with Crippen LogP contribution in [0.25, 0.3) is 0 Å². The van der Waals surface area contributed by atoms with Gasteiger partial charge in [0.15, 0.2) is 5.69 Å². The fourth-order valence-corrected chi connectivity index (χ4v) is 1.96. The van der Waals surface area contributed by atoms with Crippen LogP contribution in [0.15, 0.2) is 12.4 Å². The molecule has 0 bridgehead atoms. The van der Waals surface area contributed by atoms with Crippen molar-refractivity contribution in [3.8, 4) is 6.07 Å². The molecule has 1 N–H and O–H groups in total. The summed E-state index contributed by atoms with van der Waals surface area (Å²) in [6.07, 6.45) is 5.57. The molecule has 0 aliphatic carbocycles. The van der Waals surface area contributed by atoms with E-state index < -0.39 is 0 Å². The average Bonchev–Trinajstić information content (AvgIpc) is 2.39. The molecule has 0 amide bonds. The smallest absolute Gasteiger partial charge is 0.158 e. The fraction of sp³-hybridized carbons (Fsp3) is 0.545. The first kappa shape index (κ1) is 10.8. The van der Waals surface area contributed by atoms with E-state index in [0.717, 1.165) is 25.3 Å². The van der Waals surface area contributed by atoms with Crippen LogP contribution in [-0.2, 0) is 0 Å². The molecule has 1 aromatic rings. The summed E-state index contributed by atoms with van der Waals surface area (Å²) in [4.78, 5) is 10.5. The van der Waals surface area contributed by atoms with Crippen molar-refractivity contribution in [2.45, 2.75) is 18.9 Å². The SMILES string of the molecule is CNC1CCCN(c2cnc(C#N)cn2)C1. The second-order valence-electron chi connectivity index (χ2n) is 3.95. The highest BCUT2D eigenvalue weighted by Gasteiger charge is 2.19. The van der Waals surface area contributed by atoms with Crippen molar-refractivity contribution < 1.29 is 0 Å². The van der Waals surface area contributed by atoms with Crippen LogP contribution in [0.1, 0.15) is 18.5 Å². The first-order valence-electron chi connectivity index (χ1n) is 5.48. The maximum atomic E-state index is 8.64. The summed E-state index contributed by atoms with van der Waals surface area (Å²) in [6.45, 7) is 1.97. The van der Waals surface area contributed by atoms with E-state index in [-0.39, 0.29) is 0 Å². The topological polar surface area (TPSA) is 64.8 Å². The molecule has 0 radical (unpaired) electrons. The van der Waals surface area contributed by atoms with Crippen molar-refractivity contribution in [2.75, 3.05) is 25.0 Å². The van der Waals surface area contributed by atoms with Gasteiger partial charge in [-0.05, 0) is 19.9 Å². The van der Waals surface area contributed by atoms with Gasteiger partial charge in [-0.1, -0.05) is 0 Å². The first-order chi connectivity index (χ1) is 7.83. The highest BCUT2D eigenvalue weighted by Crippen LogP contribution is 2.16. The molecular formula is C11H15N5. The lowest BCUT2D eigenvalue weighted by atomic mass is 10.1. The van der Waals surface area contributed by atoms with Crippen LogP contribution in [0.5, 0.6) is 0 Å². The molecule has 1 aliphatic rings. The number of likely N-dealkylation sites (N-methyl/N-ethyl adjacent to an activating group) is 1. The molecule has 1 saturated heterocycles. The zero-order chi connectivity index (χ0) is 11.4. The molecule has 16 heavy (non-hydrogen) atoms. The van der Waals surface area contributed by atoms with Crippen molar-refractivity contribution in [3.63, 3.8) is 0 Å². The Bertz CT molecular complexity index is 380. The second-order valence-corrected chi connectivity index (χ2v) is 3.95. The third kappa shape index (κ3) is 2.28. The van der Waals surface area contributed by atoms with Crippen molar-refractivity contribution in [1.29, 1.82) is 5.26 Å². The fourth-order valence-electron chi connectivity index (χ4n) is 1.96. The molecule has 5 nitrogen and oxygen atoms in total. The maximum absolute atomic E-state index is 8.64. The van der Waals surface area contributed by atoms with E-state index in [1.54, 1.807) is 6.20 Å². The lowest BCUT2D eigenvalue weighted by molar-refractivity contribution is 0.447. The van der Waals surface area contributed by atoms with Gasteiger partial charge in [0, 0.05) is 19.1 Å². The lowest BCUT2D eigenvalue weighted by Gasteiger charge is -2.33. The molecule has 84 valence electrons. The number of piperidine rings is 1. The molecule has 1 aromatic heterocycles. The number of rotatable bonds is 2. The molecule has 2 rings (SSSR count). The summed E-state index contributed by atoms with van der Waals surface area (Å²) in [5.74, 6) is 0.860. The van der Waals surface area contributed by atoms with E-state index in [4.69, 9.17) is 5.26 Å². The summed E-state index contributed by atoms with van der Waals surface area (Å²) >= 11 is 0. The number of nitrogens with zero attached hydrogens (tertiary/aromatic N) is 4. The predicted molar refractivity (Wildman–Crippen MR) is 61.0 cm³/mol. The number of hydrogen-bond acceptors (Lipinski definition) is 5. The summed E-state index contributed by atoms with van der Waals surface area (Å²) in [5, 5.41) is 11.9. The minimum Gasteiger partial charge on any atom is -0.354 e. The predicted octanol–water partition coefficient (Wildman–Crippen LogP) is 0.536. The van der Waals surface area contributed by atoms with E-state index in [2.05, 4.69) is 20.2 Å². The molecule has 5 heteroatoms. The standard InChI is InChI=1S/C11H15N5/c1-13-9-3-2-4-16(8-9)11-7-14-10(5-12)6-15-11/h6-7,9,13H,2-4,8H2,1H3. The van der Waals surface area contributed by atoms with E-state index >= 15 is 0 Å². The number of anilines is 1. The summed E-state index contributed by atoms with van der Waals surface area (Å²) in [6, 6.07) is 2.49. The number of nitriles is 1. The molecule has 0 saturated carbocycles. The monoisotopic (exact) mass is 217 g/mol. The average molecular weight is 217 g/mol. The van der Waals surface area contributed by atoms with E-state index in [9.17, 15) is 0 Å². The molecule has 1 atom stereocenters. The summed E-state index contributed by atoms with van der Waals surface area (Å²) in [5.41, 5.74) is 0.367. The third-order valence-corrected chi connectivity index (χ3v) is 2.91. The minimum atomic E-state index is 0.367. The maximum Gasteiger partial charge on any atom is 0.158 e. The normalized spacial score (nSPS) is 20.5. The van der Waals surface area contributed by atoms with Crippen LogP contribution in [0.3, 0.4) is 0 Å². The molecule has 0 spiro atoms. The Morgan fingerprint density at radius 1 is 1.50 bits per heavy atom. The third-order valence-electron chi connectivity index (χ3n) is 2.91. The van der Waals surface area contributed by atoms with Crippen LogP contribution in [0, 0.1) is 11.3 Å². The van der Waals surface area contributed by atoms with Crippen molar-refractivity contribution in [1.82, 2.24) is 15.3 Å². The van der Waals surface area contributed by atoms with Gasteiger partial charge >= 0.3 is 0 Å². The van der Waals surface area contributed by atoms with Gasteiger partial charge in [0.1, 0.15) is 11.9 Å². The van der Waals surface area contributed by atoms with Crippen LogP contribution >= 0.6 is 0 Å². The number of hydrogen-bond donors (Lipinski definition) is 1. The molecule has 1 fully saturated rings. The Morgan fingerprint density at radius 3 is 3.00 bits per heavy atom. The van der Waals surface area contributed by atoms with E-state index in [1.807, 2.05) is 13.1 Å². The largest absolute Gasteiger partial charge is 0.354 e. The number of aromatic nitrogens is 2.